The molecular weight excluding hydrogens is 188 g/mol. The van der Waals surface area contributed by atoms with Crippen LogP contribution in [0.25, 0.3) is 10.8 Å². The van der Waals surface area contributed by atoms with Crippen LogP contribution in [0.15, 0.2) is 41.5 Å². The van der Waals surface area contributed by atoms with Crippen LogP contribution in [-0.2, 0) is 0 Å². The summed E-state index contributed by atoms with van der Waals surface area (Å²) in [5.74, 6) is 6.01. The molecule has 0 bridgehead atoms. The molecule has 0 saturated carbocycles. The molecule has 0 aromatic heterocycles. The smallest absolute Gasteiger partial charge is 0.127 e. The van der Waals surface area contributed by atoms with Gasteiger partial charge in [-0.05, 0) is 11.5 Å². The van der Waals surface area contributed by atoms with E-state index in [1.54, 1.807) is 13.3 Å². The summed E-state index contributed by atoms with van der Waals surface area (Å²) in [7, 11) is 1.66. The van der Waals surface area contributed by atoms with Gasteiger partial charge < -0.3 is 10.6 Å². The monoisotopic (exact) mass is 200 g/mol. The predicted molar refractivity (Wildman–Crippen MR) is 62.3 cm³/mol. The highest BCUT2D eigenvalue weighted by molar-refractivity contribution is 6.03. The first-order valence-electron chi connectivity index (χ1n) is 4.66. The molecule has 0 fully saturated rings. The van der Waals surface area contributed by atoms with E-state index in [4.69, 9.17) is 10.6 Å². The van der Waals surface area contributed by atoms with Gasteiger partial charge >= 0.3 is 0 Å². The molecule has 2 N–H and O–H groups in total. The van der Waals surface area contributed by atoms with Gasteiger partial charge in [-0.25, -0.2) is 0 Å². The summed E-state index contributed by atoms with van der Waals surface area (Å²) < 4.78 is 5.31. The molecule has 0 amide bonds. The van der Waals surface area contributed by atoms with Crippen molar-refractivity contribution in [3.05, 3.63) is 42.0 Å². The van der Waals surface area contributed by atoms with Gasteiger partial charge in [0.15, 0.2) is 0 Å². The fraction of sp³-hybridized carbons (Fsp3) is 0.0833. The van der Waals surface area contributed by atoms with Crippen LogP contribution in [0.5, 0.6) is 5.75 Å². The zero-order chi connectivity index (χ0) is 10.7. The molecule has 0 saturated heterocycles. The quantitative estimate of drug-likeness (QED) is 0.458. The van der Waals surface area contributed by atoms with Crippen molar-refractivity contribution in [2.45, 2.75) is 0 Å². The Labute approximate surface area is 88.2 Å². The molecule has 0 atom stereocenters. The number of methoxy groups -OCH3 is 1. The SMILES string of the molecule is COc1cccc2cccc(C=NN)c12. The van der Waals surface area contributed by atoms with Gasteiger partial charge in [-0.1, -0.05) is 30.3 Å². The molecular formula is C12H12N2O. The molecule has 0 heterocycles. The van der Waals surface area contributed by atoms with Crippen molar-refractivity contribution in [2.24, 2.45) is 10.9 Å². The van der Waals surface area contributed by atoms with Crippen molar-refractivity contribution >= 4 is 17.0 Å². The van der Waals surface area contributed by atoms with E-state index in [1.807, 2.05) is 36.4 Å². The normalized spacial score (nSPS) is 11.0. The minimum absolute atomic E-state index is 0.836. The Bertz CT molecular complexity index is 501. The third kappa shape index (κ3) is 1.64. The zero-order valence-corrected chi connectivity index (χ0v) is 8.47. The van der Waals surface area contributed by atoms with Crippen LogP contribution < -0.4 is 10.6 Å². The van der Waals surface area contributed by atoms with Crippen molar-refractivity contribution in [3.63, 3.8) is 0 Å². The third-order valence-corrected chi connectivity index (χ3v) is 2.33. The Morgan fingerprint density at radius 2 is 1.93 bits per heavy atom. The lowest BCUT2D eigenvalue weighted by Gasteiger charge is -2.07. The Balaban J connectivity index is 2.80. The number of fused-ring (bicyclic) bond motifs is 1. The molecule has 0 aliphatic heterocycles. The molecule has 2 aromatic rings. The summed E-state index contributed by atoms with van der Waals surface area (Å²) >= 11 is 0. The molecule has 3 nitrogen and oxygen atoms in total. The largest absolute Gasteiger partial charge is 0.496 e. The lowest BCUT2D eigenvalue weighted by molar-refractivity contribution is 0.420. The van der Waals surface area contributed by atoms with Crippen molar-refractivity contribution in [1.29, 1.82) is 0 Å². The standard InChI is InChI=1S/C12H12N2O/c1-15-11-7-3-5-9-4-2-6-10(8-14-13)12(9)11/h2-8H,13H2,1H3. The maximum atomic E-state index is 5.31. The molecule has 0 unspecified atom stereocenters. The molecule has 76 valence electrons. The number of benzene rings is 2. The van der Waals surface area contributed by atoms with Gasteiger partial charge in [-0.15, -0.1) is 0 Å². The number of hydrogen-bond acceptors (Lipinski definition) is 3. The van der Waals surface area contributed by atoms with E-state index in [0.29, 0.717) is 0 Å². The van der Waals surface area contributed by atoms with Crippen molar-refractivity contribution in [1.82, 2.24) is 0 Å². The molecule has 0 radical (unpaired) electrons. The van der Waals surface area contributed by atoms with Crippen LogP contribution >= 0.6 is 0 Å². The third-order valence-electron chi connectivity index (χ3n) is 2.33. The van der Waals surface area contributed by atoms with Gasteiger partial charge in [0.1, 0.15) is 5.75 Å². The average molecular weight is 200 g/mol. The average Bonchev–Trinajstić information content (AvgIpc) is 2.29. The highest BCUT2D eigenvalue weighted by Crippen LogP contribution is 2.27. The van der Waals surface area contributed by atoms with Gasteiger partial charge in [0.2, 0.25) is 0 Å². The van der Waals surface area contributed by atoms with Crippen LogP contribution in [0.4, 0.5) is 0 Å². The summed E-state index contributed by atoms with van der Waals surface area (Å²) in [6, 6.07) is 11.9. The number of ether oxygens (including phenoxy) is 1. The van der Waals surface area contributed by atoms with E-state index in [1.165, 1.54) is 0 Å². The van der Waals surface area contributed by atoms with Crippen LogP contribution in [0.1, 0.15) is 5.56 Å². The minimum Gasteiger partial charge on any atom is -0.496 e. The van der Waals surface area contributed by atoms with Crippen LogP contribution in [-0.4, -0.2) is 13.3 Å². The Morgan fingerprint density at radius 1 is 1.20 bits per heavy atom. The van der Waals surface area contributed by atoms with Gasteiger partial charge in [0.05, 0.1) is 13.3 Å². The molecule has 0 aliphatic carbocycles. The number of hydrogen-bond donors (Lipinski definition) is 1. The Kier molecular flexibility index (Phi) is 2.54. The van der Waals surface area contributed by atoms with Gasteiger partial charge in [-0.2, -0.15) is 5.10 Å². The molecule has 0 spiro atoms. The lowest BCUT2D eigenvalue weighted by atomic mass is 10.0. The lowest BCUT2D eigenvalue weighted by Crippen LogP contribution is -1.91. The molecule has 15 heavy (non-hydrogen) atoms. The second kappa shape index (κ2) is 4.00. The minimum atomic E-state index is 0.836. The van der Waals surface area contributed by atoms with E-state index in [9.17, 15) is 0 Å². The number of nitrogens with zero attached hydrogens (tertiary/aromatic N) is 1. The first kappa shape index (κ1) is 9.52. The molecule has 2 aromatic carbocycles. The Morgan fingerprint density at radius 3 is 2.60 bits per heavy atom. The van der Waals surface area contributed by atoms with Crippen LogP contribution in [0, 0.1) is 0 Å². The highest BCUT2D eigenvalue weighted by atomic mass is 16.5. The first-order chi connectivity index (χ1) is 7.36. The highest BCUT2D eigenvalue weighted by Gasteiger charge is 2.04. The van der Waals surface area contributed by atoms with Gasteiger partial charge in [0.25, 0.3) is 0 Å². The second-order valence-electron chi connectivity index (χ2n) is 3.18. The summed E-state index contributed by atoms with van der Waals surface area (Å²) in [5.41, 5.74) is 0.965. The molecule has 0 aliphatic rings. The van der Waals surface area contributed by atoms with E-state index in [2.05, 4.69) is 5.10 Å². The predicted octanol–water partition coefficient (Wildman–Crippen LogP) is 2.14. The number of rotatable bonds is 2. The fourth-order valence-corrected chi connectivity index (χ4v) is 1.69. The number of nitrogens with two attached hydrogens (primary N) is 1. The van der Waals surface area contributed by atoms with Gasteiger partial charge in [0, 0.05) is 10.9 Å². The van der Waals surface area contributed by atoms with Crippen molar-refractivity contribution < 1.29 is 4.74 Å². The summed E-state index contributed by atoms with van der Waals surface area (Å²) in [5, 5.41) is 5.71. The number of hydrazone groups is 1. The van der Waals surface area contributed by atoms with E-state index >= 15 is 0 Å². The van der Waals surface area contributed by atoms with E-state index in [-0.39, 0.29) is 0 Å². The van der Waals surface area contributed by atoms with Crippen LogP contribution in [0.3, 0.4) is 0 Å². The van der Waals surface area contributed by atoms with Crippen LogP contribution in [0.2, 0.25) is 0 Å². The Hall–Kier alpha value is -2.03. The van der Waals surface area contributed by atoms with Crippen molar-refractivity contribution in [2.75, 3.05) is 7.11 Å². The maximum Gasteiger partial charge on any atom is 0.127 e. The fourth-order valence-electron chi connectivity index (χ4n) is 1.69. The van der Waals surface area contributed by atoms with Gasteiger partial charge in [-0.3, -0.25) is 0 Å². The van der Waals surface area contributed by atoms with Crippen molar-refractivity contribution in [3.8, 4) is 5.75 Å². The summed E-state index contributed by atoms with van der Waals surface area (Å²) in [6.45, 7) is 0. The maximum absolute atomic E-state index is 5.31. The topological polar surface area (TPSA) is 47.6 Å². The van der Waals surface area contributed by atoms with E-state index in [0.717, 1.165) is 22.1 Å². The summed E-state index contributed by atoms with van der Waals surface area (Å²) in [6.07, 6.45) is 1.63. The molecule has 2 rings (SSSR count). The second-order valence-corrected chi connectivity index (χ2v) is 3.18. The van der Waals surface area contributed by atoms with E-state index < -0.39 is 0 Å². The summed E-state index contributed by atoms with van der Waals surface area (Å²) in [4.78, 5) is 0. The molecule has 3 heteroatoms. The first-order valence-corrected chi connectivity index (χ1v) is 4.66. The zero-order valence-electron chi connectivity index (χ0n) is 8.47.